The molecule has 2 aromatic rings. The van der Waals surface area contributed by atoms with Crippen molar-refractivity contribution in [1.82, 2.24) is 24.9 Å². The lowest BCUT2D eigenvalue weighted by Gasteiger charge is -2.43. The van der Waals surface area contributed by atoms with Gasteiger partial charge in [0.2, 0.25) is 0 Å². The minimum atomic E-state index is -0.602. The molecule has 2 fully saturated rings. The van der Waals surface area contributed by atoms with Gasteiger partial charge < -0.3 is 15.1 Å². The Kier molecular flexibility index (Phi) is 6.18. The monoisotopic (exact) mass is 409 g/mol. The summed E-state index contributed by atoms with van der Waals surface area (Å²) in [5.74, 6) is 0.196. The second kappa shape index (κ2) is 8.41. The summed E-state index contributed by atoms with van der Waals surface area (Å²) in [5.41, 5.74) is -0.602. The SMILES string of the molecule is Cl.O=C(c1cccs1)N1CCN(C(=O)C2(n3cccn3)CCNCC2)CC1. The van der Waals surface area contributed by atoms with Gasteiger partial charge in [-0.15, -0.1) is 23.7 Å². The molecule has 0 atom stereocenters. The number of halogens is 1. The average molecular weight is 410 g/mol. The number of aromatic nitrogens is 2. The van der Waals surface area contributed by atoms with E-state index in [1.807, 2.05) is 44.3 Å². The molecule has 1 N–H and O–H groups in total. The lowest BCUT2D eigenvalue weighted by Crippen LogP contribution is -2.59. The van der Waals surface area contributed by atoms with Crippen LogP contribution in [-0.2, 0) is 10.3 Å². The topological polar surface area (TPSA) is 70.5 Å². The zero-order valence-corrected chi connectivity index (χ0v) is 16.7. The third kappa shape index (κ3) is 3.74. The minimum Gasteiger partial charge on any atom is -0.337 e. The molecule has 0 spiro atoms. The van der Waals surface area contributed by atoms with E-state index in [9.17, 15) is 9.59 Å². The first-order valence-corrected chi connectivity index (χ1v) is 9.92. The van der Waals surface area contributed by atoms with Gasteiger partial charge in [-0.3, -0.25) is 14.3 Å². The first kappa shape index (κ1) is 19.9. The first-order valence-electron chi connectivity index (χ1n) is 9.04. The fourth-order valence-electron chi connectivity index (χ4n) is 3.87. The van der Waals surface area contributed by atoms with E-state index in [-0.39, 0.29) is 24.2 Å². The van der Waals surface area contributed by atoms with Crippen LogP contribution in [0.25, 0.3) is 0 Å². The minimum absolute atomic E-state index is 0. The van der Waals surface area contributed by atoms with Gasteiger partial charge in [-0.1, -0.05) is 6.07 Å². The van der Waals surface area contributed by atoms with Crippen molar-refractivity contribution in [3.8, 4) is 0 Å². The van der Waals surface area contributed by atoms with E-state index in [2.05, 4.69) is 10.4 Å². The number of thiophene rings is 1. The molecule has 9 heteroatoms. The number of carbonyl (C=O) groups excluding carboxylic acids is 2. The molecular weight excluding hydrogens is 386 g/mol. The molecule has 4 rings (SSSR count). The predicted molar refractivity (Wildman–Crippen MR) is 106 cm³/mol. The molecule has 2 aromatic heterocycles. The van der Waals surface area contributed by atoms with Gasteiger partial charge in [-0.2, -0.15) is 5.10 Å². The summed E-state index contributed by atoms with van der Waals surface area (Å²) in [4.78, 5) is 30.4. The number of hydrogen-bond acceptors (Lipinski definition) is 5. The maximum atomic E-state index is 13.4. The fourth-order valence-corrected chi connectivity index (χ4v) is 4.56. The number of nitrogens with one attached hydrogen (secondary N) is 1. The molecule has 146 valence electrons. The van der Waals surface area contributed by atoms with Crippen LogP contribution in [-0.4, -0.2) is 70.7 Å². The van der Waals surface area contributed by atoms with Crippen molar-refractivity contribution in [3.05, 3.63) is 40.8 Å². The molecule has 2 amide bonds. The van der Waals surface area contributed by atoms with E-state index in [0.29, 0.717) is 26.2 Å². The maximum Gasteiger partial charge on any atom is 0.264 e. The van der Waals surface area contributed by atoms with Crippen LogP contribution < -0.4 is 5.32 Å². The molecule has 7 nitrogen and oxygen atoms in total. The molecule has 2 aliphatic rings. The van der Waals surface area contributed by atoms with Gasteiger partial charge in [0.05, 0.1) is 4.88 Å². The Labute approximate surface area is 168 Å². The molecule has 0 radical (unpaired) electrons. The predicted octanol–water partition coefficient (Wildman–Crippen LogP) is 1.43. The molecular formula is C18H24ClN5O2S. The summed E-state index contributed by atoms with van der Waals surface area (Å²) in [6.07, 6.45) is 5.10. The van der Waals surface area contributed by atoms with Gasteiger partial charge in [0.15, 0.2) is 0 Å². The summed E-state index contributed by atoms with van der Waals surface area (Å²) in [6, 6.07) is 5.61. The lowest BCUT2D eigenvalue weighted by atomic mass is 9.86. The van der Waals surface area contributed by atoms with Gasteiger partial charge in [-0.25, -0.2) is 0 Å². The van der Waals surface area contributed by atoms with Crippen molar-refractivity contribution in [3.63, 3.8) is 0 Å². The highest BCUT2D eigenvalue weighted by molar-refractivity contribution is 7.12. The quantitative estimate of drug-likeness (QED) is 0.832. The maximum absolute atomic E-state index is 13.4. The Morgan fingerprint density at radius 2 is 1.78 bits per heavy atom. The molecule has 0 bridgehead atoms. The summed E-state index contributed by atoms with van der Waals surface area (Å²) in [7, 11) is 0. The highest BCUT2D eigenvalue weighted by Gasteiger charge is 2.45. The summed E-state index contributed by atoms with van der Waals surface area (Å²) in [6.45, 7) is 3.93. The van der Waals surface area contributed by atoms with E-state index in [1.165, 1.54) is 11.3 Å². The summed E-state index contributed by atoms with van der Waals surface area (Å²) in [5, 5.41) is 9.63. The van der Waals surface area contributed by atoms with Crippen molar-refractivity contribution in [2.75, 3.05) is 39.3 Å². The van der Waals surface area contributed by atoms with Crippen molar-refractivity contribution >= 4 is 35.6 Å². The number of rotatable bonds is 3. The second-order valence-corrected chi connectivity index (χ2v) is 7.74. The normalized spacial score (nSPS) is 19.4. The molecule has 0 aromatic carbocycles. The van der Waals surface area contributed by atoms with Crippen LogP contribution in [0, 0.1) is 0 Å². The molecule has 2 aliphatic heterocycles. The smallest absolute Gasteiger partial charge is 0.264 e. The van der Waals surface area contributed by atoms with E-state index in [1.54, 1.807) is 6.20 Å². The van der Waals surface area contributed by atoms with Crippen molar-refractivity contribution in [1.29, 1.82) is 0 Å². The molecule has 0 saturated carbocycles. The van der Waals surface area contributed by atoms with Gasteiger partial charge in [0.1, 0.15) is 5.54 Å². The number of hydrogen-bond donors (Lipinski definition) is 1. The van der Waals surface area contributed by atoms with Crippen molar-refractivity contribution < 1.29 is 9.59 Å². The van der Waals surface area contributed by atoms with Gasteiger partial charge in [-0.05, 0) is 43.4 Å². The Balaban J connectivity index is 0.00000210. The number of carbonyl (C=O) groups is 2. The van der Waals surface area contributed by atoms with Crippen molar-refractivity contribution in [2.24, 2.45) is 0 Å². The highest BCUT2D eigenvalue weighted by Crippen LogP contribution is 2.30. The fraction of sp³-hybridized carbons (Fsp3) is 0.500. The van der Waals surface area contributed by atoms with Crippen LogP contribution in [0.1, 0.15) is 22.5 Å². The standard InChI is InChI=1S/C18H23N5O2S.ClH/c24-16(15-3-1-14-26-15)21-10-12-22(13-11-21)17(25)18(4-7-19-8-5-18)23-9-2-6-20-23;/h1-3,6,9,14,19H,4-5,7-8,10-13H2;1H. The highest BCUT2D eigenvalue weighted by atomic mass is 35.5. The molecule has 0 aliphatic carbocycles. The summed E-state index contributed by atoms with van der Waals surface area (Å²) >= 11 is 1.46. The Bertz CT molecular complexity index is 751. The Morgan fingerprint density at radius 1 is 1.07 bits per heavy atom. The zero-order valence-electron chi connectivity index (χ0n) is 15.0. The van der Waals surface area contributed by atoms with E-state index < -0.39 is 5.54 Å². The van der Waals surface area contributed by atoms with Crippen LogP contribution in [0.3, 0.4) is 0 Å². The van der Waals surface area contributed by atoms with Crippen LogP contribution in [0.2, 0.25) is 0 Å². The summed E-state index contributed by atoms with van der Waals surface area (Å²) < 4.78 is 1.83. The molecule has 27 heavy (non-hydrogen) atoms. The third-order valence-electron chi connectivity index (χ3n) is 5.36. The van der Waals surface area contributed by atoms with Gasteiger partial charge in [0.25, 0.3) is 11.8 Å². The molecule has 0 unspecified atom stereocenters. The molecule has 4 heterocycles. The zero-order chi connectivity index (χ0) is 18.0. The van der Waals surface area contributed by atoms with Crippen LogP contribution in [0.15, 0.2) is 36.0 Å². The number of amides is 2. The van der Waals surface area contributed by atoms with Gasteiger partial charge in [0, 0.05) is 38.6 Å². The van der Waals surface area contributed by atoms with Crippen LogP contribution in [0.4, 0.5) is 0 Å². The Hall–Kier alpha value is -1.90. The van der Waals surface area contributed by atoms with E-state index >= 15 is 0 Å². The van der Waals surface area contributed by atoms with E-state index in [4.69, 9.17) is 0 Å². The Morgan fingerprint density at radius 3 is 2.37 bits per heavy atom. The van der Waals surface area contributed by atoms with Crippen molar-refractivity contribution in [2.45, 2.75) is 18.4 Å². The molecule has 2 saturated heterocycles. The van der Waals surface area contributed by atoms with Crippen LogP contribution >= 0.6 is 23.7 Å². The largest absolute Gasteiger partial charge is 0.337 e. The van der Waals surface area contributed by atoms with Gasteiger partial charge >= 0.3 is 0 Å². The number of nitrogens with zero attached hydrogens (tertiary/aromatic N) is 4. The average Bonchev–Trinajstić information content (AvgIpc) is 3.41. The third-order valence-corrected chi connectivity index (χ3v) is 6.22. The van der Waals surface area contributed by atoms with Crippen LogP contribution in [0.5, 0.6) is 0 Å². The second-order valence-electron chi connectivity index (χ2n) is 6.79. The number of piperidine rings is 1. The lowest BCUT2D eigenvalue weighted by molar-refractivity contribution is -0.144. The number of piperazine rings is 1. The first-order chi connectivity index (χ1) is 12.7. The van der Waals surface area contributed by atoms with E-state index in [0.717, 1.165) is 30.8 Å².